The molecule has 3 unspecified atom stereocenters. The molecule has 2 aromatic rings. The van der Waals surface area contributed by atoms with Crippen molar-refractivity contribution in [1.29, 1.82) is 0 Å². The topological polar surface area (TPSA) is 29.1 Å². The number of nitrogens with one attached hydrogen (secondary N) is 1. The van der Waals surface area contributed by atoms with Crippen LogP contribution in [0.2, 0.25) is 0 Å². The lowest BCUT2D eigenvalue weighted by molar-refractivity contribution is -0.118. The van der Waals surface area contributed by atoms with Crippen LogP contribution >= 0.6 is 0 Å². The van der Waals surface area contributed by atoms with Crippen molar-refractivity contribution in [2.75, 3.05) is 5.32 Å². The molecular formula is C19H17NO. The monoisotopic (exact) mass is 275 g/mol. The zero-order valence-corrected chi connectivity index (χ0v) is 12.0. The largest absolute Gasteiger partial charge is 0.325 e. The van der Waals surface area contributed by atoms with Crippen LogP contribution in [0.15, 0.2) is 42.5 Å². The summed E-state index contributed by atoms with van der Waals surface area (Å²) in [4.78, 5) is 12.8. The minimum Gasteiger partial charge on any atom is -0.325 e. The van der Waals surface area contributed by atoms with Crippen molar-refractivity contribution in [2.45, 2.75) is 31.1 Å². The van der Waals surface area contributed by atoms with Crippen LogP contribution in [0.5, 0.6) is 0 Å². The van der Waals surface area contributed by atoms with Crippen LogP contribution in [0.1, 0.15) is 34.6 Å². The van der Waals surface area contributed by atoms with E-state index in [9.17, 15) is 4.79 Å². The Labute approximate surface area is 124 Å². The van der Waals surface area contributed by atoms with E-state index in [1.54, 1.807) is 0 Å². The number of fused-ring (bicyclic) bond motifs is 7. The summed E-state index contributed by atoms with van der Waals surface area (Å²) in [5.41, 5.74) is 6.05. The standard InChI is InChI=1S/C19H17NO/c1-11-6-9-16-15(10-11)19(18(21)20-16)14-8-7-12-4-2-3-5-13(12)17(14)19/h2-6,9-10,14,17H,7-8H2,1H3,(H,20,21). The second kappa shape index (κ2) is 3.56. The van der Waals surface area contributed by atoms with Gasteiger partial charge in [0.1, 0.15) is 0 Å². The molecule has 2 aromatic carbocycles. The Hall–Kier alpha value is -2.09. The van der Waals surface area contributed by atoms with Gasteiger partial charge in [-0.1, -0.05) is 42.0 Å². The Morgan fingerprint density at radius 2 is 2.05 bits per heavy atom. The highest BCUT2D eigenvalue weighted by Crippen LogP contribution is 2.72. The van der Waals surface area contributed by atoms with Crippen molar-refractivity contribution in [3.8, 4) is 0 Å². The van der Waals surface area contributed by atoms with E-state index in [-0.39, 0.29) is 11.3 Å². The van der Waals surface area contributed by atoms with Crippen molar-refractivity contribution >= 4 is 11.6 Å². The average molecular weight is 275 g/mol. The van der Waals surface area contributed by atoms with Crippen molar-refractivity contribution < 1.29 is 4.79 Å². The summed E-state index contributed by atoms with van der Waals surface area (Å²) in [7, 11) is 0. The van der Waals surface area contributed by atoms with Gasteiger partial charge in [-0.05, 0) is 48.4 Å². The van der Waals surface area contributed by atoms with E-state index in [2.05, 4.69) is 54.7 Å². The van der Waals surface area contributed by atoms with Crippen LogP contribution in [0, 0.1) is 12.8 Å². The highest BCUT2D eigenvalue weighted by molar-refractivity contribution is 6.10. The molecule has 3 atom stereocenters. The smallest absolute Gasteiger partial charge is 0.236 e. The predicted octanol–water partition coefficient (Wildman–Crippen LogP) is 3.54. The van der Waals surface area contributed by atoms with Crippen LogP contribution in [-0.2, 0) is 16.6 Å². The van der Waals surface area contributed by atoms with Gasteiger partial charge >= 0.3 is 0 Å². The van der Waals surface area contributed by atoms with Gasteiger partial charge in [0.2, 0.25) is 5.91 Å². The summed E-state index contributed by atoms with van der Waals surface area (Å²) in [5.74, 6) is 1.08. The van der Waals surface area contributed by atoms with E-state index >= 15 is 0 Å². The molecule has 1 aliphatic heterocycles. The number of hydrogen-bond acceptors (Lipinski definition) is 1. The fourth-order valence-electron chi connectivity index (χ4n) is 4.83. The maximum absolute atomic E-state index is 12.8. The normalized spacial score (nSPS) is 31.4. The lowest BCUT2D eigenvalue weighted by Crippen LogP contribution is -2.22. The Morgan fingerprint density at radius 3 is 2.95 bits per heavy atom. The molecule has 2 aliphatic carbocycles. The van der Waals surface area contributed by atoms with E-state index in [1.165, 1.54) is 22.3 Å². The van der Waals surface area contributed by atoms with Gasteiger partial charge in [0.15, 0.2) is 0 Å². The average Bonchev–Trinajstić information content (AvgIpc) is 3.11. The van der Waals surface area contributed by atoms with Crippen LogP contribution in [0.25, 0.3) is 0 Å². The SMILES string of the molecule is Cc1ccc2c(c1)C1(C(=O)N2)C2CCc3ccccc3C21. The Morgan fingerprint density at radius 1 is 1.19 bits per heavy atom. The van der Waals surface area contributed by atoms with E-state index in [4.69, 9.17) is 0 Å². The van der Waals surface area contributed by atoms with Crippen LogP contribution in [0.4, 0.5) is 5.69 Å². The Bertz CT molecular complexity index is 794. The lowest BCUT2D eigenvalue weighted by Gasteiger charge is -2.13. The summed E-state index contributed by atoms with van der Waals surface area (Å²) >= 11 is 0. The van der Waals surface area contributed by atoms with Crippen molar-refractivity contribution in [1.82, 2.24) is 0 Å². The summed E-state index contributed by atoms with van der Waals surface area (Å²) in [6.45, 7) is 2.11. The fourth-order valence-corrected chi connectivity index (χ4v) is 4.83. The fraction of sp³-hybridized carbons (Fsp3) is 0.316. The summed E-state index contributed by atoms with van der Waals surface area (Å²) in [6, 6.07) is 15.0. The minimum absolute atomic E-state index is 0.217. The van der Waals surface area contributed by atoms with E-state index in [1.807, 2.05) is 0 Å². The van der Waals surface area contributed by atoms with Crippen molar-refractivity contribution in [3.05, 3.63) is 64.7 Å². The molecule has 0 radical (unpaired) electrons. The zero-order valence-electron chi connectivity index (χ0n) is 12.0. The number of carbonyl (C=O) groups excluding carboxylic acids is 1. The molecule has 1 N–H and O–H groups in total. The van der Waals surface area contributed by atoms with Crippen molar-refractivity contribution in [3.63, 3.8) is 0 Å². The number of aryl methyl sites for hydroxylation is 2. The number of rotatable bonds is 0. The molecule has 0 saturated heterocycles. The number of anilines is 1. The molecule has 1 spiro atoms. The number of hydrogen-bond donors (Lipinski definition) is 1. The van der Waals surface area contributed by atoms with Gasteiger partial charge in [0.05, 0.1) is 5.41 Å². The highest BCUT2D eigenvalue weighted by atomic mass is 16.2. The molecule has 2 nitrogen and oxygen atoms in total. The van der Waals surface area contributed by atoms with Gasteiger partial charge in [-0.3, -0.25) is 4.79 Å². The zero-order chi connectivity index (χ0) is 14.2. The van der Waals surface area contributed by atoms with Gasteiger partial charge in [0, 0.05) is 11.6 Å². The third-order valence-electron chi connectivity index (χ3n) is 5.73. The van der Waals surface area contributed by atoms with Crippen molar-refractivity contribution in [2.24, 2.45) is 5.92 Å². The maximum atomic E-state index is 12.8. The first kappa shape index (κ1) is 11.6. The second-order valence-corrected chi connectivity index (χ2v) is 6.69. The quantitative estimate of drug-likeness (QED) is 0.782. The number of benzene rings is 2. The van der Waals surface area contributed by atoms with Crippen LogP contribution in [-0.4, -0.2) is 5.91 Å². The first-order chi connectivity index (χ1) is 10.2. The Kier molecular flexibility index (Phi) is 1.96. The second-order valence-electron chi connectivity index (χ2n) is 6.69. The molecule has 0 bridgehead atoms. The molecule has 1 fully saturated rings. The lowest BCUT2D eigenvalue weighted by atomic mass is 9.90. The minimum atomic E-state index is -0.284. The summed E-state index contributed by atoms with van der Waals surface area (Å²) in [5, 5.41) is 3.13. The first-order valence-corrected chi connectivity index (χ1v) is 7.73. The molecule has 1 saturated carbocycles. The number of amides is 1. The van der Waals surface area contributed by atoms with Gasteiger partial charge in [-0.15, -0.1) is 0 Å². The maximum Gasteiger partial charge on any atom is 0.236 e. The molecule has 1 amide bonds. The van der Waals surface area contributed by atoms with E-state index in [0.29, 0.717) is 11.8 Å². The molecule has 104 valence electrons. The molecule has 5 rings (SSSR count). The molecule has 3 aliphatic rings. The molecule has 0 aromatic heterocycles. The van der Waals surface area contributed by atoms with Gasteiger partial charge in [-0.2, -0.15) is 0 Å². The van der Waals surface area contributed by atoms with Gasteiger partial charge < -0.3 is 5.32 Å². The predicted molar refractivity (Wildman–Crippen MR) is 82.5 cm³/mol. The van der Waals surface area contributed by atoms with Crippen LogP contribution < -0.4 is 5.32 Å². The number of carbonyl (C=O) groups is 1. The summed E-state index contributed by atoms with van der Waals surface area (Å²) in [6.07, 6.45) is 2.23. The molecule has 2 heteroatoms. The molecule has 1 heterocycles. The third-order valence-corrected chi connectivity index (χ3v) is 5.73. The van der Waals surface area contributed by atoms with Gasteiger partial charge in [0.25, 0.3) is 0 Å². The molecular weight excluding hydrogens is 258 g/mol. The van der Waals surface area contributed by atoms with E-state index < -0.39 is 0 Å². The van der Waals surface area contributed by atoms with Gasteiger partial charge in [-0.25, -0.2) is 0 Å². The van der Waals surface area contributed by atoms with E-state index in [0.717, 1.165) is 18.5 Å². The third kappa shape index (κ3) is 1.22. The molecule has 21 heavy (non-hydrogen) atoms. The van der Waals surface area contributed by atoms with Crippen LogP contribution in [0.3, 0.4) is 0 Å². The summed E-state index contributed by atoms with van der Waals surface area (Å²) < 4.78 is 0. The highest BCUT2D eigenvalue weighted by Gasteiger charge is 2.73. The Balaban J connectivity index is 1.73. The first-order valence-electron chi connectivity index (χ1n) is 7.73.